The Hall–Kier alpha value is -2.42. The highest BCUT2D eigenvalue weighted by atomic mass is 16.3. The van der Waals surface area contributed by atoms with E-state index in [1.165, 1.54) is 5.56 Å². The van der Waals surface area contributed by atoms with Gasteiger partial charge in [0.1, 0.15) is 5.60 Å². The van der Waals surface area contributed by atoms with Crippen molar-refractivity contribution in [3.05, 3.63) is 108 Å². The molecule has 134 valence electrons. The third-order valence-corrected chi connectivity index (χ3v) is 4.75. The smallest absolute Gasteiger partial charge is 0.130 e. The first-order valence-corrected chi connectivity index (χ1v) is 9.24. The summed E-state index contributed by atoms with van der Waals surface area (Å²) in [6, 6.07) is 30.4. The van der Waals surface area contributed by atoms with Gasteiger partial charge < -0.3 is 10.4 Å². The van der Waals surface area contributed by atoms with Crippen molar-refractivity contribution in [1.82, 2.24) is 5.32 Å². The molecular weight excluding hydrogens is 318 g/mol. The van der Waals surface area contributed by atoms with Crippen LogP contribution in [-0.4, -0.2) is 17.2 Å². The summed E-state index contributed by atoms with van der Waals surface area (Å²) in [6.07, 6.45) is 0.735. The van der Waals surface area contributed by atoms with Crippen LogP contribution in [0.2, 0.25) is 0 Å². The Bertz CT molecular complexity index is 745. The molecule has 1 atom stereocenters. The molecule has 0 saturated carbocycles. The quantitative estimate of drug-likeness (QED) is 0.659. The molecule has 0 amide bonds. The molecule has 3 aromatic carbocycles. The highest BCUT2D eigenvalue weighted by Crippen LogP contribution is 2.34. The Kier molecular flexibility index (Phi) is 5.87. The van der Waals surface area contributed by atoms with Crippen LogP contribution in [0, 0.1) is 0 Å². The number of benzene rings is 3. The van der Waals surface area contributed by atoms with Crippen molar-refractivity contribution in [2.75, 3.05) is 0 Å². The minimum atomic E-state index is -1.12. The summed E-state index contributed by atoms with van der Waals surface area (Å²) in [7, 11) is 0. The first-order chi connectivity index (χ1) is 12.6. The average Bonchev–Trinajstić information content (AvgIpc) is 2.69. The van der Waals surface area contributed by atoms with Crippen molar-refractivity contribution in [3.63, 3.8) is 0 Å². The van der Waals surface area contributed by atoms with Crippen LogP contribution in [0.4, 0.5) is 0 Å². The molecule has 0 aliphatic carbocycles. The predicted molar refractivity (Wildman–Crippen MR) is 108 cm³/mol. The molecule has 0 aliphatic heterocycles. The van der Waals surface area contributed by atoms with Gasteiger partial charge in [0.05, 0.1) is 0 Å². The number of rotatable bonds is 7. The van der Waals surface area contributed by atoms with E-state index in [0.717, 1.165) is 17.5 Å². The molecule has 0 aromatic heterocycles. The van der Waals surface area contributed by atoms with E-state index in [1.807, 2.05) is 78.9 Å². The van der Waals surface area contributed by atoms with Crippen molar-refractivity contribution in [3.8, 4) is 0 Å². The molecule has 0 aliphatic rings. The second kappa shape index (κ2) is 8.31. The second-order valence-corrected chi connectivity index (χ2v) is 7.06. The second-order valence-electron chi connectivity index (χ2n) is 7.06. The van der Waals surface area contributed by atoms with E-state index in [1.54, 1.807) is 0 Å². The highest BCUT2D eigenvalue weighted by molar-refractivity contribution is 5.39. The first-order valence-electron chi connectivity index (χ1n) is 9.24. The molecule has 0 fully saturated rings. The Morgan fingerprint density at radius 1 is 0.731 bits per heavy atom. The molecule has 26 heavy (non-hydrogen) atoms. The molecule has 2 nitrogen and oxygen atoms in total. The van der Waals surface area contributed by atoms with E-state index in [4.69, 9.17) is 0 Å². The molecule has 0 unspecified atom stereocenters. The summed E-state index contributed by atoms with van der Waals surface area (Å²) in [6.45, 7) is 4.24. The molecule has 3 rings (SSSR count). The van der Waals surface area contributed by atoms with Crippen LogP contribution in [0.3, 0.4) is 0 Å². The van der Waals surface area contributed by atoms with Gasteiger partial charge in [-0.1, -0.05) is 105 Å². The van der Waals surface area contributed by atoms with Gasteiger partial charge in [-0.25, -0.2) is 0 Å². The Morgan fingerprint density at radius 3 is 1.58 bits per heavy atom. The summed E-state index contributed by atoms with van der Waals surface area (Å²) in [5.74, 6) is 0. The zero-order valence-electron chi connectivity index (χ0n) is 15.5. The van der Waals surface area contributed by atoms with Gasteiger partial charge in [-0.15, -0.1) is 0 Å². The van der Waals surface area contributed by atoms with Crippen LogP contribution in [0.5, 0.6) is 0 Å². The molecule has 0 radical (unpaired) electrons. The fourth-order valence-corrected chi connectivity index (χ4v) is 3.53. The molecule has 0 saturated heterocycles. The molecule has 3 aromatic rings. The Morgan fingerprint density at radius 2 is 1.15 bits per heavy atom. The largest absolute Gasteiger partial charge is 0.379 e. The Labute approximate surface area is 156 Å². The molecule has 2 heteroatoms. The van der Waals surface area contributed by atoms with Crippen molar-refractivity contribution in [2.24, 2.45) is 0 Å². The minimum absolute atomic E-state index is 0.158. The molecule has 2 N–H and O–H groups in total. The standard InChI is InChI=1S/C24H27NO/c1-19(2)25-23(18-20-12-6-3-7-13-20)24(26,21-14-8-4-9-15-21)22-16-10-5-11-17-22/h3-17,19,23,25-26H,18H2,1-2H3/t23-/m0/s1. The van der Waals surface area contributed by atoms with Gasteiger partial charge in [-0.2, -0.15) is 0 Å². The lowest BCUT2D eigenvalue weighted by Gasteiger charge is -2.39. The molecule has 0 heterocycles. The third kappa shape index (κ3) is 4.04. The maximum absolute atomic E-state index is 12.1. The van der Waals surface area contributed by atoms with E-state index in [-0.39, 0.29) is 12.1 Å². The lowest BCUT2D eigenvalue weighted by atomic mass is 9.77. The van der Waals surface area contributed by atoms with Crippen molar-refractivity contribution < 1.29 is 5.11 Å². The summed E-state index contributed by atoms with van der Waals surface area (Å²) in [4.78, 5) is 0. The third-order valence-electron chi connectivity index (χ3n) is 4.75. The first kappa shape index (κ1) is 18.4. The lowest BCUT2D eigenvalue weighted by Crippen LogP contribution is -2.52. The number of hydrogen-bond donors (Lipinski definition) is 2. The van der Waals surface area contributed by atoms with E-state index >= 15 is 0 Å². The van der Waals surface area contributed by atoms with Crippen LogP contribution >= 0.6 is 0 Å². The van der Waals surface area contributed by atoms with E-state index in [0.29, 0.717) is 0 Å². The van der Waals surface area contributed by atoms with E-state index < -0.39 is 5.60 Å². The number of aliphatic hydroxyl groups is 1. The SMILES string of the molecule is CC(C)N[C@@H](Cc1ccccc1)C(O)(c1ccccc1)c1ccccc1. The van der Waals surface area contributed by atoms with Crippen LogP contribution < -0.4 is 5.32 Å². The van der Waals surface area contributed by atoms with Crippen LogP contribution in [0.25, 0.3) is 0 Å². The molecule has 0 spiro atoms. The Balaban J connectivity index is 2.10. The number of hydrogen-bond acceptors (Lipinski definition) is 2. The molecule has 0 bridgehead atoms. The summed E-state index contributed by atoms with van der Waals surface area (Å²) in [5, 5.41) is 15.7. The zero-order chi connectivity index (χ0) is 18.4. The maximum atomic E-state index is 12.1. The van der Waals surface area contributed by atoms with Gasteiger partial charge in [0.15, 0.2) is 0 Å². The normalized spacial score (nSPS) is 12.9. The predicted octanol–water partition coefficient (Wildman–Crippen LogP) is 4.53. The number of nitrogens with one attached hydrogen (secondary N) is 1. The topological polar surface area (TPSA) is 32.3 Å². The fourth-order valence-electron chi connectivity index (χ4n) is 3.53. The maximum Gasteiger partial charge on any atom is 0.130 e. The van der Waals surface area contributed by atoms with E-state index in [9.17, 15) is 5.11 Å². The van der Waals surface area contributed by atoms with Gasteiger partial charge in [0.25, 0.3) is 0 Å². The summed E-state index contributed by atoms with van der Waals surface area (Å²) in [5.41, 5.74) is 1.89. The zero-order valence-corrected chi connectivity index (χ0v) is 15.5. The van der Waals surface area contributed by atoms with Crippen molar-refractivity contribution in [1.29, 1.82) is 0 Å². The lowest BCUT2D eigenvalue weighted by molar-refractivity contribution is 0.0337. The summed E-state index contributed by atoms with van der Waals surface area (Å²) >= 11 is 0. The van der Waals surface area contributed by atoms with Crippen LogP contribution in [0.15, 0.2) is 91.0 Å². The van der Waals surface area contributed by atoms with Crippen molar-refractivity contribution >= 4 is 0 Å². The van der Waals surface area contributed by atoms with Crippen LogP contribution in [-0.2, 0) is 12.0 Å². The van der Waals surface area contributed by atoms with Crippen LogP contribution in [0.1, 0.15) is 30.5 Å². The summed E-state index contributed by atoms with van der Waals surface area (Å²) < 4.78 is 0. The molecular formula is C24H27NO. The minimum Gasteiger partial charge on any atom is -0.379 e. The van der Waals surface area contributed by atoms with E-state index in [2.05, 4.69) is 31.3 Å². The monoisotopic (exact) mass is 345 g/mol. The van der Waals surface area contributed by atoms with Gasteiger partial charge in [0, 0.05) is 12.1 Å². The average molecular weight is 345 g/mol. The van der Waals surface area contributed by atoms with Gasteiger partial charge in [-0.05, 0) is 23.1 Å². The van der Waals surface area contributed by atoms with Gasteiger partial charge in [-0.3, -0.25) is 0 Å². The van der Waals surface area contributed by atoms with Gasteiger partial charge >= 0.3 is 0 Å². The highest BCUT2D eigenvalue weighted by Gasteiger charge is 2.40. The fraction of sp³-hybridized carbons (Fsp3) is 0.250. The van der Waals surface area contributed by atoms with Crippen molar-refractivity contribution in [2.45, 2.75) is 38.0 Å². The van der Waals surface area contributed by atoms with Gasteiger partial charge in [0.2, 0.25) is 0 Å².